The van der Waals surface area contributed by atoms with E-state index in [9.17, 15) is 0 Å². The van der Waals surface area contributed by atoms with Gasteiger partial charge in [-0.25, -0.2) is 4.68 Å². The molecule has 0 atom stereocenters. The molecule has 0 radical (unpaired) electrons. The number of benzene rings is 1. The Morgan fingerprint density at radius 3 is 2.61 bits per heavy atom. The van der Waals surface area contributed by atoms with Gasteiger partial charge in [0.15, 0.2) is 5.65 Å². The Hall–Kier alpha value is -2.87. The lowest BCUT2D eigenvalue weighted by Crippen LogP contribution is -2.38. The highest BCUT2D eigenvalue weighted by molar-refractivity contribution is 5.92. The minimum absolute atomic E-state index is 0.711. The van der Waals surface area contributed by atoms with Gasteiger partial charge in [-0.15, -0.1) is 0 Å². The van der Waals surface area contributed by atoms with E-state index in [1.807, 2.05) is 23.9 Å². The highest BCUT2D eigenvalue weighted by Gasteiger charge is 2.27. The highest BCUT2D eigenvalue weighted by atomic mass is 16.5. The molecule has 0 N–H and O–H groups in total. The Kier molecular flexibility index (Phi) is 4.27. The van der Waals surface area contributed by atoms with Crippen LogP contribution in [0.25, 0.3) is 11.0 Å². The number of ether oxygens (including phenoxy) is 2. The standard InChI is InChI=1S/C20H24N6O2/c1-24-18-17-16(23-24)7-8-26(13-14-3-5-15(27-2)6-4-14)19(17)22-20(21-18)25-9-11-28-12-10-25/h3-6H,7-13H2,1-2H3. The van der Waals surface area contributed by atoms with Crippen LogP contribution in [0.1, 0.15) is 11.3 Å². The van der Waals surface area contributed by atoms with E-state index in [2.05, 4.69) is 21.9 Å². The fraction of sp³-hybridized carbons (Fsp3) is 0.450. The average Bonchev–Trinajstić information content (AvgIpc) is 3.07. The van der Waals surface area contributed by atoms with Crippen LogP contribution in [0.2, 0.25) is 0 Å². The molecule has 8 heteroatoms. The molecule has 0 amide bonds. The lowest BCUT2D eigenvalue weighted by Gasteiger charge is -2.31. The lowest BCUT2D eigenvalue weighted by atomic mass is 10.1. The van der Waals surface area contributed by atoms with E-state index in [-0.39, 0.29) is 0 Å². The Morgan fingerprint density at radius 2 is 1.86 bits per heavy atom. The van der Waals surface area contributed by atoms with Gasteiger partial charge in [0.25, 0.3) is 0 Å². The van der Waals surface area contributed by atoms with Gasteiger partial charge in [0.05, 0.1) is 31.4 Å². The number of rotatable bonds is 4. The van der Waals surface area contributed by atoms with Crippen LogP contribution in [-0.4, -0.2) is 59.7 Å². The largest absolute Gasteiger partial charge is 0.497 e. The van der Waals surface area contributed by atoms with Gasteiger partial charge in [-0.2, -0.15) is 15.1 Å². The number of aryl methyl sites for hydroxylation is 1. The molecule has 2 aliphatic heterocycles. The van der Waals surface area contributed by atoms with Crippen LogP contribution in [0, 0.1) is 0 Å². The van der Waals surface area contributed by atoms with Crippen LogP contribution >= 0.6 is 0 Å². The quantitative estimate of drug-likeness (QED) is 0.683. The Labute approximate surface area is 163 Å². The highest BCUT2D eigenvalue weighted by Crippen LogP contribution is 2.34. The van der Waals surface area contributed by atoms with Crippen molar-refractivity contribution in [3.05, 3.63) is 35.5 Å². The second kappa shape index (κ2) is 6.94. The number of aromatic nitrogens is 4. The molecule has 0 unspecified atom stereocenters. The van der Waals surface area contributed by atoms with E-state index in [0.29, 0.717) is 13.2 Å². The minimum Gasteiger partial charge on any atom is -0.497 e. The summed E-state index contributed by atoms with van der Waals surface area (Å²) in [5, 5.41) is 5.78. The predicted molar refractivity (Wildman–Crippen MR) is 107 cm³/mol. The summed E-state index contributed by atoms with van der Waals surface area (Å²) in [5.41, 5.74) is 3.22. The monoisotopic (exact) mass is 380 g/mol. The molecule has 4 heterocycles. The first-order valence-electron chi connectivity index (χ1n) is 9.67. The molecule has 1 fully saturated rings. The second-order valence-electron chi connectivity index (χ2n) is 7.24. The zero-order chi connectivity index (χ0) is 19.1. The number of morpholine rings is 1. The van der Waals surface area contributed by atoms with Gasteiger partial charge in [-0.3, -0.25) is 0 Å². The lowest BCUT2D eigenvalue weighted by molar-refractivity contribution is 0.122. The molecule has 0 spiro atoms. The Morgan fingerprint density at radius 1 is 1.07 bits per heavy atom. The van der Waals surface area contributed by atoms with Gasteiger partial charge < -0.3 is 19.3 Å². The van der Waals surface area contributed by atoms with Gasteiger partial charge in [0, 0.05) is 39.6 Å². The maximum Gasteiger partial charge on any atom is 0.229 e. The molecule has 146 valence electrons. The van der Waals surface area contributed by atoms with Gasteiger partial charge in [0.2, 0.25) is 5.95 Å². The molecule has 2 aliphatic rings. The van der Waals surface area contributed by atoms with Crippen molar-refractivity contribution >= 4 is 22.8 Å². The van der Waals surface area contributed by atoms with Crippen molar-refractivity contribution in [2.45, 2.75) is 13.0 Å². The van der Waals surface area contributed by atoms with E-state index >= 15 is 0 Å². The molecule has 3 aromatic rings. The first-order chi connectivity index (χ1) is 13.7. The fourth-order valence-corrected chi connectivity index (χ4v) is 3.96. The van der Waals surface area contributed by atoms with Crippen LogP contribution in [-0.2, 0) is 24.8 Å². The Bertz CT molecular complexity index is 994. The van der Waals surface area contributed by atoms with Crippen LogP contribution in [0.3, 0.4) is 0 Å². The van der Waals surface area contributed by atoms with E-state index in [1.54, 1.807) is 7.11 Å². The molecule has 1 saturated heterocycles. The van der Waals surface area contributed by atoms with Crippen molar-refractivity contribution in [1.82, 2.24) is 19.7 Å². The van der Waals surface area contributed by atoms with Gasteiger partial charge in [0.1, 0.15) is 11.6 Å². The zero-order valence-corrected chi connectivity index (χ0v) is 16.3. The molecule has 0 bridgehead atoms. The van der Waals surface area contributed by atoms with Gasteiger partial charge in [-0.1, -0.05) is 12.1 Å². The predicted octanol–water partition coefficient (Wildman–Crippen LogP) is 1.77. The van der Waals surface area contributed by atoms with Crippen LogP contribution in [0.15, 0.2) is 24.3 Å². The number of hydrogen-bond acceptors (Lipinski definition) is 7. The number of methoxy groups -OCH3 is 1. The summed E-state index contributed by atoms with van der Waals surface area (Å²) in [6, 6.07) is 8.23. The maximum absolute atomic E-state index is 5.49. The van der Waals surface area contributed by atoms with E-state index in [1.165, 1.54) is 5.56 Å². The SMILES string of the molecule is COc1ccc(CN2CCc3nn(C)c4nc(N5CCOCC5)nc2c34)cc1. The average molecular weight is 380 g/mol. The third-order valence-corrected chi connectivity index (χ3v) is 5.47. The summed E-state index contributed by atoms with van der Waals surface area (Å²) in [7, 11) is 3.65. The molecule has 0 aliphatic carbocycles. The Balaban J connectivity index is 1.54. The molecule has 2 aromatic heterocycles. The summed E-state index contributed by atoms with van der Waals surface area (Å²) in [6.07, 6.45) is 0.904. The van der Waals surface area contributed by atoms with Gasteiger partial charge in [-0.05, 0) is 17.7 Å². The van der Waals surface area contributed by atoms with E-state index in [4.69, 9.17) is 24.5 Å². The smallest absolute Gasteiger partial charge is 0.229 e. The summed E-state index contributed by atoms with van der Waals surface area (Å²) in [4.78, 5) is 14.4. The topological polar surface area (TPSA) is 68.5 Å². The molecule has 8 nitrogen and oxygen atoms in total. The molecule has 1 aromatic carbocycles. The van der Waals surface area contributed by atoms with Crippen molar-refractivity contribution in [1.29, 1.82) is 0 Å². The van der Waals surface area contributed by atoms with Crippen molar-refractivity contribution in [2.75, 3.05) is 49.8 Å². The van der Waals surface area contributed by atoms with Crippen molar-refractivity contribution in [3.63, 3.8) is 0 Å². The zero-order valence-electron chi connectivity index (χ0n) is 16.3. The van der Waals surface area contributed by atoms with Crippen LogP contribution in [0.4, 0.5) is 11.8 Å². The molecule has 5 rings (SSSR count). The van der Waals surface area contributed by atoms with Gasteiger partial charge >= 0.3 is 0 Å². The molecular formula is C20H24N6O2. The number of nitrogens with zero attached hydrogens (tertiary/aromatic N) is 6. The molecule has 28 heavy (non-hydrogen) atoms. The molecular weight excluding hydrogens is 356 g/mol. The molecule has 0 saturated carbocycles. The number of anilines is 2. The number of hydrogen-bond donors (Lipinski definition) is 0. The van der Waals surface area contributed by atoms with Crippen LogP contribution < -0.4 is 14.5 Å². The van der Waals surface area contributed by atoms with Crippen molar-refractivity contribution in [3.8, 4) is 5.75 Å². The fourth-order valence-electron chi connectivity index (χ4n) is 3.96. The maximum atomic E-state index is 5.49. The van der Waals surface area contributed by atoms with Crippen molar-refractivity contribution < 1.29 is 9.47 Å². The summed E-state index contributed by atoms with van der Waals surface area (Å²) < 4.78 is 12.7. The normalized spacial score (nSPS) is 16.6. The second-order valence-corrected chi connectivity index (χ2v) is 7.24. The first-order valence-corrected chi connectivity index (χ1v) is 9.67. The minimum atomic E-state index is 0.711. The van der Waals surface area contributed by atoms with E-state index in [0.717, 1.165) is 66.8 Å². The summed E-state index contributed by atoms with van der Waals surface area (Å²) >= 11 is 0. The summed E-state index contributed by atoms with van der Waals surface area (Å²) in [6.45, 7) is 4.74. The van der Waals surface area contributed by atoms with E-state index < -0.39 is 0 Å². The summed E-state index contributed by atoms with van der Waals surface area (Å²) in [5.74, 6) is 2.62. The van der Waals surface area contributed by atoms with Crippen molar-refractivity contribution in [2.24, 2.45) is 7.05 Å². The first kappa shape index (κ1) is 17.2. The third kappa shape index (κ3) is 2.93. The third-order valence-electron chi connectivity index (χ3n) is 5.47. The van der Waals surface area contributed by atoms with Crippen LogP contribution in [0.5, 0.6) is 5.75 Å².